The van der Waals surface area contributed by atoms with Gasteiger partial charge < -0.3 is 30.9 Å². The third-order valence-corrected chi connectivity index (χ3v) is 7.93. The number of benzene rings is 1. The molecule has 6 atom stereocenters. The molecule has 11 nitrogen and oxygen atoms in total. The molecule has 11 heteroatoms. The number of ether oxygens (including phenoxy) is 1. The fraction of sp³-hybridized carbons (Fsp3) is 0.440. The van der Waals surface area contributed by atoms with Gasteiger partial charge in [-0.1, -0.05) is 19.9 Å². The number of esters is 1. The van der Waals surface area contributed by atoms with E-state index in [9.17, 15) is 39.6 Å². The molecule has 0 unspecified atom stereocenters. The highest BCUT2D eigenvalue weighted by Gasteiger charge is 2.67. The van der Waals surface area contributed by atoms with Gasteiger partial charge in [0.05, 0.1) is 18.7 Å². The summed E-state index contributed by atoms with van der Waals surface area (Å²) in [6.07, 6.45) is 0. The van der Waals surface area contributed by atoms with Gasteiger partial charge >= 0.3 is 5.97 Å². The molecule has 0 bridgehead atoms. The Bertz CT molecular complexity index is 1290. The van der Waals surface area contributed by atoms with Gasteiger partial charge in [-0.2, -0.15) is 0 Å². The molecular weight excluding hydrogens is 472 g/mol. The molecule has 1 fully saturated rings. The zero-order valence-electron chi connectivity index (χ0n) is 20.4. The van der Waals surface area contributed by atoms with E-state index in [4.69, 9.17) is 5.73 Å². The first-order valence-electron chi connectivity index (χ1n) is 11.3. The van der Waals surface area contributed by atoms with Crippen LogP contribution in [-0.4, -0.2) is 81.6 Å². The summed E-state index contributed by atoms with van der Waals surface area (Å²) in [6.45, 7) is 3.43. The van der Waals surface area contributed by atoms with Gasteiger partial charge in [0, 0.05) is 17.4 Å². The minimum absolute atomic E-state index is 0.172. The fourth-order valence-electron chi connectivity index (χ4n) is 6.38. The molecule has 1 aromatic rings. The van der Waals surface area contributed by atoms with Crippen LogP contribution in [0, 0.1) is 17.8 Å². The number of fused-ring (bicyclic) bond motifs is 3. The number of phenols is 1. The van der Waals surface area contributed by atoms with Crippen LogP contribution in [0.1, 0.15) is 41.3 Å². The number of amides is 1. The number of methoxy groups -OCH3 is 1. The van der Waals surface area contributed by atoms with Crippen molar-refractivity contribution in [3.05, 3.63) is 45.7 Å². The fourth-order valence-corrected chi connectivity index (χ4v) is 6.38. The largest absolute Gasteiger partial charge is 0.508 e. The summed E-state index contributed by atoms with van der Waals surface area (Å²) < 4.78 is 4.67. The average molecular weight is 501 g/mol. The summed E-state index contributed by atoms with van der Waals surface area (Å²) in [5.41, 5.74) is 1.44. The third kappa shape index (κ3) is 2.99. The number of carbonyl (C=O) groups is 4. The Kier molecular flexibility index (Phi) is 5.76. The van der Waals surface area contributed by atoms with Crippen molar-refractivity contribution in [3.8, 4) is 5.75 Å². The standard InChI is InChI=1S/C25H28N2O9/c1-8-10-6-7-11(24(34)36-5)18(28)13(10)19(29)14-12(8)9(2)16-17(27(3)4)20(30)15(23(26)33)22(32)25(16,35)21(14)31/h6-9,12,16-17,28-29,32,35H,1-5H3,(H2,26,33)/t8-,9-,12-,16-,17-,25-/m0/s1. The highest BCUT2D eigenvalue weighted by molar-refractivity contribution is 6.24. The Morgan fingerprint density at radius 1 is 1.11 bits per heavy atom. The highest BCUT2D eigenvalue weighted by Crippen LogP contribution is 2.58. The molecule has 0 radical (unpaired) electrons. The van der Waals surface area contributed by atoms with Crippen molar-refractivity contribution in [2.45, 2.75) is 31.4 Å². The van der Waals surface area contributed by atoms with E-state index < -0.39 is 81.6 Å². The van der Waals surface area contributed by atoms with E-state index in [0.29, 0.717) is 5.56 Å². The number of carbonyl (C=O) groups excluding carboxylic acids is 4. The summed E-state index contributed by atoms with van der Waals surface area (Å²) in [5, 5.41) is 44.8. The van der Waals surface area contributed by atoms with Gasteiger partial charge in [0.1, 0.15) is 28.4 Å². The molecule has 0 spiro atoms. The SMILES string of the molecule is COC(=O)c1ccc2c(c1O)C(O)=C1C(=O)[C@]3(O)C(O)=C(C(N)=O)C(=O)[C@@H](N(C)C)[C@@H]3[C@@H](C)[C@@H]1[C@H]2C. The minimum atomic E-state index is -2.75. The van der Waals surface area contributed by atoms with Gasteiger partial charge in [-0.05, 0) is 37.6 Å². The molecule has 3 aliphatic carbocycles. The monoisotopic (exact) mass is 500 g/mol. The number of likely N-dealkylation sites (N-methyl/N-ethyl adjacent to an activating group) is 1. The van der Waals surface area contributed by atoms with Gasteiger partial charge in [0.15, 0.2) is 11.4 Å². The van der Waals surface area contributed by atoms with Gasteiger partial charge in [0.25, 0.3) is 5.91 Å². The van der Waals surface area contributed by atoms with Crippen LogP contribution in [0.2, 0.25) is 0 Å². The molecule has 1 amide bonds. The Labute approximate surface area is 206 Å². The smallest absolute Gasteiger partial charge is 0.341 e. The predicted octanol–water partition coefficient (Wildman–Crippen LogP) is 0.558. The maximum absolute atomic E-state index is 13.9. The predicted molar refractivity (Wildman–Crippen MR) is 125 cm³/mol. The molecule has 4 rings (SSSR count). The zero-order valence-corrected chi connectivity index (χ0v) is 20.4. The van der Waals surface area contributed by atoms with E-state index >= 15 is 0 Å². The topological polar surface area (TPSA) is 188 Å². The summed E-state index contributed by atoms with van der Waals surface area (Å²) in [6, 6.07) is 1.70. The van der Waals surface area contributed by atoms with Gasteiger partial charge in [0.2, 0.25) is 5.78 Å². The first kappa shape index (κ1) is 25.4. The molecule has 36 heavy (non-hydrogen) atoms. The number of nitrogens with zero attached hydrogens (tertiary/aromatic N) is 1. The van der Waals surface area contributed by atoms with Crippen molar-refractivity contribution >= 4 is 29.2 Å². The number of aliphatic hydroxyl groups is 3. The number of aliphatic hydroxyl groups excluding tert-OH is 2. The summed E-state index contributed by atoms with van der Waals surface area (Å²) in [4.78, 5) is 52.8. The number of Topliss-reactive ketones (excluding diaryl/α,β-unsaturated/α-hetero) is 2. The van der Waals surface area contributed by atoms with Gasteiger partial charge in [-0.3, -0.25) is 19.3 Å². The molecule has 1 aromatic carbocycles. The van der Waals surface area contributed by atoms with Crippen molar-refractivity contribution in [2.24, 2.45) is 23.5 Å². The van der Waals surface area contributed by atoms with Crippen LogP contribution >= 0.6 is 0 Å². The normalized spacial score (nSPS) is 31.7. The Morgan fingerprint density at radius 2 is 1.72 bits per heavy atom. The number of aromatic hydroxyl groups is 1. The Morgan fingerprint density at radius 3 is 2.25 bits per heavy atom. The van der Waals surface area contributed by atoms with Crippen molar-refractivity contribution in [2.75, 3.05) is 21.2 Å². The number of primary amides is 1. The molecule has 6 N–H and O–H groups in total. The summed E-state index contributed by atoms with van der Waals surface area (Å²) in [5.74, 6) is -9.69. The molecule has 0 aromatic heterocycles. The Hall–Kier alpha value is -3.70. The van der Waals surface area contributed by atoms with Crippen molar-refractivity contribution in [3.63, 3.8) is 0 Å². The molecule has 0 aliphatic heterocycles. The van der Waals surface area contributed by atoms with Crippen molar-refractivity contribution in [1.82, 2.24) is 4.90 Å². The lowest BCUT2D eigenvalue weighted by atomic mass is 9.51. The average Bonchev–Trinajstić information content (AvgIpc) is 2.80. The van der Waals surface area contributed by atoms with E-state index in [1.165, 1.54) is 31.1 Å². The maximum Gasteiger partial charge on any atom is 0.341 e. The first-order chi connectivity index (χ1) is 16.7. The molecule has 0 heterocycles. The van der Waals surface area contributed by atoms with Gasteiger partial charge in [-0.25, -0.2) is 4.79 Å². The minimum Gasteiger partial charge on any atom is -0.508 e. The van der Waals surface area contributed by atoms with Crippen LogP contribution in [0.15, 0.2) is 29.0 Å². The van der Waals surface area contributed by atoms with E-state index in [-0.39, 0.29) is 16.7 Å². The lowest BCUT2D eigenvalue weighted by Crippen LogP contribution is -2.68. The number of phenolic OH excluding ortho intramolecular Hbond substituents is 1. The molecule has 0 saturated heterocycles. The number of hydrogen-bond acceptors (Lipinski definition) is 10. The van der Waals surface area contributed by atoms with E-state index in [1.54, 1.807) is 13.8 Å². The highest BCUT2D eigenvalue weighted by atomic mass is 16.5. The summed E-state index contributed by atoms with van der Waals surface area (Å²) >= 11 is 0. The second-order valence-corrected chi connectivity index (χ2v) is 9.84. The van der Waals surface area contributed by atoms with E-state index in [2.05, 4.69) is 4.74 Å². The van der Waals surface area contributed by atoms with Crippen LogP contribution in [0.3, 0.4) is 0 Å². The molecule has 192 valence electrons. The lowest BCUT2D eigenvalue weighted by Gasteiger charge is -2.54. The van der Waals surface area contributed by atoms with E-state index in [0.717, 1.165) is 7.11 Å². The molecule has 1 saturated carbocycles. The van der Waals surface area contributed by atoms with Crippen LogP contribution in [0.25, 0.3) is 5.76 Å². The van der Waals surface area contributed by atoms with Crippen molar-refractivity contribution in [1.29, 1.82) is 0 Å². The van der Waals surface area contributed by atoms with Crippen LogP contribution < -0.4 is 5.73 Å². The third-order valence-electron chi connectivity index (χ3n) is 7.93. The van der Waals surface area contributed by atoms with E-state index in [1.807, 2.05) is 0 Å². The van der Waals surface area contributed by atoms with Gasteiger partial charge in [-0.15, -0.1) is 0 Å². The first-order valence-corrected chi connectivity index (χ1v) is 11.3. The number of nitrogens with two attached hydrogens (primary N) is 1. The van der Waals surface area contributed by atoms with Crippen molar-refractivity contribution < 1.29 is 44.3 Å². The quantitative estimate of drug-likeness (QED) is 0.290. The second kappa shape index (κ2) is 8.17. The number of hydrogen-bond donors (Lipinski definition) is 5. The molecule has 3 aliphatic rings. The lowest BCUT2D eigenvalue weighted by molar-refractivity contribution is -0.160. The van der Waals surface area contributed by atoms with Crippen LogP contribution in [0.5, 0.6) is 5.75 Å². The van der Waals surface area contributed by atoms with Crippen LogP contribution in [0.4, 0.5) is 0 Å². The summed E-state index contributed by atoms with van der Waals surface area (Å²) in [7, 11) is 4.20. The van der Waals surface area contributed by atoms with Crippen LogP contribution in [-0.2, 0) is 19.1 Å². The zero-order chi connectivity index (χ0) is 27.0. The maximum atomic E-state index is 13.9. The number of rotatable bonds is 3. The Balaban J connectivity index is 2.05. The molecular formula is C25H28N2O9. The number of ketones is 2. The second-order valence-electron chi connectivity index (χ2n) is 9.84.